The van der Waals surface area contributed by atoms with Crippen molar-refractivity contribution in [2.75, 3.05) is 0 Å². The van der Waals surface area contributed by atoms with Gasteiger partial charge in [0.05, 0.1) is 0 Å². The molecule has 27 heavy (non-hydrogen) atoms. The van der Waals surface area contributed by atoms with Crippen LogP contribution in [-0.2, 0) is 9.53 Å². The van der Waals surface area contributed by atoms with Crippen LogP contribution < -0.4 is 10.2 Å². The lowest BCUT2D eigenvalue weighted by Gasteiger charge is -2.22. The Balaban J connectivity index is 1.83. The molecule has 0 aliphatic rings. The van der Waals surface area contributed by atoms with Crippen LogP contribution in [0.25, 0.3) is 11.2 Å². The van der Waals surface area contributed by atoms with Crippen LogP contribution in [0, 0.1) is 0 Å². The second-order valence-corrected chi connectivity index (χ2v) is 6.71. The minimum absolute atomic E-state index is 0.287. The number of hydrogen-bond donors (Lipinski definition) is 1. The molecule has 0 aliphatic heterocycles. The molecule has 2 aromatic heterocycles. The number of aromatic nitrogens is 4. The molecule has 1 aromatic carbocycles. The fourth-order valence-corrected chi connectivity index (χ4v) is 2.29. The molecule has 140 valence electrons. The Kier molecular flexibility index (Phi) is 5.02. The van der Waals surface area contributed by atoms with Crippen molar-refractivity contribution >= 4 is 23.2 Å². The van der Waals surface area contributed by atoms with E-state index in [1.807, 2.05) is 0 Å². The molecule has 9 nitrogen and oxygen atoms in total. The number of fused-ring (bicyclic) bond motifs is 1. The summed E-state index contributed by atoms with van der Waals surface area (Å²) in [6.07, 6.45) is 0.791. The lowest BCUT2D eigenvalue weighted by Crippen LogP contribution is -2.41. The molecule has 0 radical (unpaired) electrons. The van der Waals surface area contributed by atoms with Gasteiger partial charge in [-0.25, -0.2) is 14.6 Å². The zero-order valence-electron chi connectivity index (χ0n) is 15.1. The van der Waals surface area contributed by atoms with Gasteiger partial charge in [0.2, 0.25) is 5.65 Å². The third-order valence-electron chi connectivity index (χ3n) is 3.39. The summed E-state index contributed by atoms with van der Waals surface area (Å²) in [6.45, 7) is 5.20. The monoisotopic (exact) mass is 369 g/mol. The molecule has 1 N–H and O–H groups in total. The molecule has 0 fully saturated rings. The number of carbonyl (C=O) groups is 2. The van der Waals surface area contributed by atoms with E-state index in [0.29, 0.717) is 11.1 Å². The molecule has 3 rings (SSSR count). The Bertz CT molecular complexity index is 949. The lowest BCUT2D eigenvalue weighted by atomic mass is 10.1. The summed E-state index contributed by atoms with van der Waals surface area (Å²) >= 11 is 0. The van der Waals surface area contributed by atoms with Crippen LogP contribution in [-0.4, -0.2) is 37.8 Å². The van der Waals surface area contributed by atoms with E-state index in [1.54, 1.807) is 63.2 Å². The minimum Gasteiger partial charge on any atom is -0.444 e. The standard InChI is InChI=1S/C18H19N5O4/c1-18(2,3)26-17(25)20-14(12-8-5-4-6-9-12)16(24)27-23-15-13(21-22-23)10-7-11-19-15/h4-11,14H,1-3H3,(H,20,25)/t14-/m0/s1. The van der Waals surface area contributed by atoms with Crippen LogP contribution in [0.4, 0.5) is 4.79 Å². The largest absolute Gasteiger partial charge is 0.444 e. The Morgan fingerprint density at radius 3 is 2.56 bits per heavy atom. The molecular formula is C18H19N5O4. The summed E-state index contributed by atoms with van der Waals surface area (Å²) in [5.74, 6) is -0.760. The van der Waals surface area contributed by atoms with E-state index in [4.69, 9.17) is 9.57 Å². The van der Waals surface area contributed by atoms with Gasteiger partial charge in [0.1, 0.15) is 11.1 Å². The number of nitrogens with zero attached hydrogens (tertiary/aromatic N) is 4. The lowest BCUT2D eigenvalue weighted by molar-refractivity contribution is -0.148. The van der Waals surface area contributed by atoms with E-state index in [0.717, 1.165) is 4.85 Å². The van der Waals surface area contributed by atoms with Crippen LogP contribution in [0.1, 0.15) is 32.4 Å². The fourth-order valence-electron chi connectivity index (χ4n) is 2.29. The molecule has 0 aliphatic carbocycles. The summed E-state index contributed by atoms with van der Waals surface area (Å²) < 4.78 is 5.24. The molecule has 0 bridgehead atoms. The van der Waals surface area contributed by atoms with Gasteiger partial charge in [-0.1, -0.05) is 30.3 Å². The van der Waals surface area contributed by atoms with Crippen molar-refractivity contribution < 1.29 is 19.2 Å². The van der Waals surface area contributed by atoms with Crippen molar-refractivity contribution in [2.45, 2.75) is 32.4 Å². The van der Waals surface area contributed by atoms with Crippen molar-refractivity contribution in [1.82, 2.24) is 25.5 Å². The Labute approximate surface area is 155 Å². The van der Waals surface area contributed by atoms with Crippen molar-refractivity contribution in [2.24, 2.45) is 0 Å². The van der Waals surface area contributed by atoms with E-state index in [-0.39, 0.29) is 5.65 Å². The molecule has 3 aromatic rings. The number of pyridine rings is 1. The van der Waals surface area contributed by atoms with Gasteiger partial charge in [-0.3, -0.25) is 0 Å². The molecule has 1 amide bonds. The van der Waals surface area contributed by atoms with Crippen molar-refractivity contribution in [3.05, 3.63) is 54.2 Å². The number of benzene rings is 1. The molecule has 0 saturated heterocycles. The number of nitrogens with one attached hydrogen (secondary N) is 1. The molecule has 0 saturated carbocycles. The van der Waals surface area contributed by atoms with Gasteiger partial charge in [-0.2, -0.15) is 0 Å². The van der Waals surface area contributed by atoms with E-state index >= 15 is 0 Å². The number of ether oxygens (including phenoxy) is 1. The average Bonchev–Trinajstić information content (AvgIpc) is 3.02. The van der Waals surface area contributed by atoms with E-state index in [2.05, 4.69) is 20.6 Å². The van der Waals surface area contributed by atoms with Gasteiger partial charge >= 0.3 is 12.1 Å². The van der Waals surface area contributed by atoms with Gasteiger partial charge in [0.25, 0.3) is 0 Å². The third-order valence-corrected chi connectivity index (χ3v) is 3.39. The first kappa shape index (κ1) is 18.3. The minimum atomic E-state index is -1.09. The quantitative estimate of drug-likeness (QED) is 0.701. The summed E-state index contributed by atoms with van der Waals surface area (Å²) in [7, 11) is 0. The maximum atomic E-state index is 12.7. The maximum Gasteiger partial charge on any atom is 0.408 e. The number of carbonyl (C=O) groups excluding carboxylic acids is 2. The summed E-state index contributed by atoms with van der Waals surface area (Å²) in [4.78, 5) is 35.2. The second kappa shape index (κ2) is 7.40. The molecule has 0 spiro atoms. The first-order chi connectivity index (χ1) is 12.8. The average molecular weight is 369 g/mol. The summed E-state index contributed by atoms with van der Waals surface area (Å²) in [5, 5.41) is 10.2. The number of rotatable bonds is 4. The van der Waals surface area contributed by atoms with Crippen LogP contribution in [0.2, 0.25) is 0 Å². The highest BCUT2D eigenvalue weighted by Gasteiger charge is 2.28. The van der Waals surface area contributed by atoms with E-state index < -0.39 is 23.7 Å². The summed E-state index contributed by atoms with van der Waals surface area (Å²) in [6, 6.07) is 11.0. The van der Waals surface area contributed by atoms with Crippen LogP contribution in [0.15, 0.2) is 48.7 Å². The highest BCUT2D eigenvalue weighted by Crippen LogP contribution is 2.16. The summed E-state index contributed by atoms with van der Waals surface area (Å²) in [5.41, 5.74) is 0.587. The number of hydrogen-bond acceptors (Lipinski definition) is 7. The van der Waals surface area contributed by atoms with Crippen LogP contribution in [0.5, 0.6) is 0 Å². The zero-order valence-corrected chi connectivity index (χ0v) is 15.1. The van der Waals surface area contributed by atoms with Gasteiger partial charge in [0.15, 0.2) is 6.04 Å². The smallest absolute Gasteiger partial charge is 0.408 e. The third kappa shape index (κ3) is 4.57. The molecule has 2 heterocycles. The molecular weight excluding hydrogens is 350 g/mol. The number of amides is 1. The Morgan fingerprint density at radius 2 is 1.85 bits per heavy atom. The fraction of sp³-hybridized carbons (Fsp3) is 0.278. The first-order valence-corrected chi connectivity index (χ1v) is 8.26. The normalized spacial score (nSPS) is 12.4. The van der Waals surface area contributed by atoms with Crippen molar-refractivity contribution in [3.8, 4) is 0 Å². The van der Waals surface area contributed by atoms with E-state index in [1.165, 1.54) is 6.20 Å². The Hall–Kier alpha value is -3.49. The van der Waals surface area contributed by atoms with Crippen LogP contribution >= 0.6 is 0 Å². The highest BCUT2D eigenvalue weighted by atomic mass is 16.7. The van der Waals surface area contributed by atoms with Gasteiger partial charge in [0, 0.05) is 6.20 Å². The molecule has 1 atom stereocenters. The highest BCUT2D eigenvalue weighted by molar-refractivity contribution is 5.83. The SMILES string of the molecule is CC(C)(C)OC(=O)N[C@H](C(=O)On1nnc2cccnc21)c1ccccc1. The second-order valence-electron chi connectivity index (χ2n) is 6.71. The van der Waals surface area contributed by atoms with Gasteiger partial charge in [-0.15, -0.1) is 5.10 Å². The van der Waals surface area contributed by atoms with Gasteiger partial charge in [-0.05, 0) is 48.5 Å². The number of alkyl carbamates (subject to hydrolysis) is 1. The molecule has 0 unspecified atom stereocenters. The van der Waals surface area contributed by atoms with Crippen molar-refractivity contribution in [3.63, 3.8) is 0 Å². The predicted octanol–water partition coefficient (Wildman–Crippen LogP) is 2.05. The zero-order chi connectivity index (χ0) is 19.4. The predicted molar refractivity (Wildman–Crippen MR) is 95.5 cm³/mol. The Morgan fingerprint density at radius 1 is 1.11 bits per heavy atom. The first-order valence-electron chi connectivity index (χ1n) is 8.26. The topological polar surface area (TPSA) is 108 Å². The maximum absolute atomic E-state index is 12.7. The van der Waals surface area contributed by atoms with Crippen LogP contribution in [0.3, 0.4) is 0 Å². The van der Waals surface area contributed by atoms with Gasteiger partial charge < -0.3 is 14.9 Å². The van der Waals surface area contributed by atoms with Crippen molar-refractivity contribution in [1.29, 1.82) is 0 Å². The van der Waals surface area contributed by atoms with E-state index in [9.17, 15) is 9.59 Å². The molecule has 9 heteroatoms.